The van der Waals surface area contributed by atoms with Crippen LogP contribution in [0.5, 0.6) is 0 Å². The van der Waals surface area contributed by atoms with Crippen LogP contribution >= 0.6 is 0 Å². The summed E-state index contributed by atoms with van der Waals surface area (Å²) in [4.78, 5) is 7.06. The first-order chi connectivity index (χ1) is 33.3. The van der Waals surface area contributed by atoms with E-state index in [0.29, 0.717) is 211 Å². The Hall–Kier alpha value is 4.48. The quantitative estimate of drug-likeness (QED) is 0.0563. The molecule has 0 aliphatic heterocycles. The first-order valence-corrected chi connectivity index (χ1v) is 32.8. The van der Waals surface area contributed by atoms with Gasteiger partial charge >= 0.3 is 515 Å². The molecule has 294 valence electrons. The van der Waals surface area contributed by atoms with Gasteiger partial charge in [0.25, 0.3) is 0 Å². The molecule has 0 fully saturated rings. The molecule has 73 heavy (non-hydrogen) atoms. The molecule has 0 aliphatic carbocycles. The summed E-state index contributed by atoms with van der Waals surface area (Å²) in [5.41, 5.74) is 0. The van der Waals surface area contributed by atoms with Crippen LogP contribution in [0.4, 0.5) is 0 Å². The molecule has 0 rings (SSSR count). The van der Waals surface area contributed by atoms with Crippen LogP contribution < -0.4 is 0 Å². The number of hydrogen-bond donors (Lipinski definition) is 0. The zero-order valence-electron chi connectivity index (χ0n) is 57.4. The van der Waals surface area contributed by atoms with E-state index in [2.05, 4.69) is 285 Å². The Kier molecular flexibility index (Phi) is 38.6. The zero-order valence-corrected chi connectivity index (χ0v) is 57.4. The first kappa shape index (κ1) is 77.5. The molecule has 0 radical (unpaired) electrons. The molecule has 0 atom stereocenters. The summed E-state index contributed by atoms with van der Waals surface area (Å²) in [6.45, 7) is 3.13. The molecular formula is H73B72N. The molecule has 0 aromatic rings. The van der Waals surface area contributed by atoms with Crippen molar-refractivity contribution in [3.63, 3.8) is 0 Å². The fourth-order valence-electron chi connectivity index (χ4n) is 19.9. The topological polar surface area (TPSA) is 12.4 Å². The van der Waals surface area contributed by atoms with E-state index in [-0.39, 0.29) is 6.63 Å². The second-order valence-corrected chi connectivity index (χ2v) is 32.0. The van der Waals surface area contributed by atoms with Crippen LogP contribution in [0.3, 0.4) is 0 Å². The normalized spacial score (nSPS) is 9.81. The molecule has 0 saturated heterocycles. The van der Waals surface area contributed by atoms with Crippen LogP contribution in [0.25, 0.3) is 0 Å². The van der Waals surface area contributed by atoms with Crippen molar-refractivity contribution in [3.05, 3.63) is 0 Å². The van der Waals surface area contributed by atoms with Crippen LogP contribution in [0.2, 0.25) is 0 Å². The van der Waals surface area contributed by atoms with E-state index in [1.165, 1.54) is 7.06 Å². The summed E-state index contributed by atoms with van der Waals surface area (Å²) in [5, 5.41) is 0. The molecule has 0 spiro atoms. The van der Waals surface area contributed by atoms with Crippen molar-refractivity contribution in [2.24, 2.45) is 4.81 Å². The fourth-order valence-corrected chi connectivity index (χ4v) is 19.9. The molecule has 0 unspecified atom stereocenters. The molecule has 1 nitrogen and oxygen atoms in total. The molecule has 0 amide bonds. The van der Waals surface area contributed by atoms with Gasteiger partial charge in [-0.25, -0.2) is 0 Å². The second-order valence-electron chi connectivity index (χ2n) is 32.0. The predicted octanol–water partition coefficient (Wildman–Crippen LogP) is -46.8. The Morgan fingerprint density at radius 3 is 0.548 bits per heavy atom. The Balaban J connectivity index is 11.0. The summed E-state index contributed by atoms with van der Waals surface area (Å²) in [5.74, 6) is 0. The Morgan fingerprint density at radius 1 is 0.205 bits per heavy atom. The van der Waals surface area contributed by atoms with E-state index in [0.717, 1.165) is 0 Å². The van der Waals surface area contributed by atoms with E-state index in [1.807, 2.05) is 0 Å². The summed E-state index contributed by atoms with van der Waals surface area (Å²) >= 11 is 0. The molecule has 0 aliphatic rings. The first-order valence-electron chi connectivity index (χ1n) is 32.8. The number of hydrogen-bond acceptors (Lipinski definition) is 1. The Labute approximate surface area is 510 Å². The molecule has 0 aromatic carbocycles. The van der Waals surface area contributed by atoms with Gasteiger partial charge in [0, 0.05) is 0 Å². The maximum absolute atomic E-state index is 7.06. The summed E-state index contributed by atoms with van der Waals surface area (Å²) < 4.78 is 0. The minimum absolute atomic E-state index is 0.209. The van der Waals surface area contributed by atoms with Crippen molar-refractivity contribution in [1.29, 1.82) is 0 Å². The third-order valence-electron chi connectivity index (χ3n) is 20.9. The van der Waals surface area contributed by atoms with Crippen LogP contribution in [-0.4, -0.2) is 510 Å². The molecule has 73 heteroatoms. The van der Waals surface area contributed by atoms with Crippen molar-refractivity contribution in [3.8, 4) is 0 Å². The minimum atomic E-state index is 0.209. The van der Waals surface area contributed by atoms with Crippen molar-refractivity contribution in [2.75, 3.05) is 0 Å². The fraction of sp³-hybridized carbons (Fsp3) is 0. The SMILES string of the molecule is BBB(B)B(B(B)B)B(B(/N=B/B(B(B(B(B)B)B(B)B)B(B(B)B)B(B)B)B(B(B(B)B)B(B)B)B(B(B)B)B(B)B)B(B(B(B)B)B(B)B)B(B(B)B)B(B)B)B(B(B(B)B)B(B)B)B(B(B)B)B(B)B. The average Bonchev–Trinajstić information content (AvgIpc) is 3.18. The van der Waals surface area contributed by atoms with E-state index in [9.17, 15) is 0 Å². The van der Waals surface area contributed by atoms with Crippen molar-refractivity contribution < 1.29 is 0 Å². The van der Waals surface area contributed by atoms with Gasteiger partial charge in [0.1, 0.15) is 0 Å². The van der Waals surface area contributed by atoms with Gasteiger partial charge in [-0.2, -0.15) is 0 Å². The second kappa shape index (κ2) is 36.3. The van der Waals surface area contributed by atoms with Crippen LogP contribution in [-0.2, 0) is 0 Å². The summed E-state index contributed by atoms with van der Waals surface area (Å²) in [6.07, 6.45) is 18.5. The molecule has 0 aromatic heterocycles. The molecule has 0 saturated carbocycles. The van der Waals surface area contributed by atoms with E-state index < -0.39 is 0 Å². The predicted molar refractivity (Wildman–Crippen MR) is 519 cm³/mol. The van der Waals surface area contributed by atoms with Gasteiger partial charge in [0.2, 0.25) is 0 Å². The van der Waals surface area contributed by atoms with E-state index in [4.69, 9.17) is 4.81 Å². The van der Waals surface area contributed by atoms with Crippen molar-refractivity contribution in [1.82, 2.24) is 0 Å². The monoisotopic (exact) mass is 880 g/mol. The van der Waals surface area contributed by atoms with Gasteiger partial charge in [-0.15, -0.1) is 0 Å². The van der Waals surface area contributed by atoms with Crippen LogP contribution in [0.15, 0.2) is 4.81 Å². The summed E-state index contributed by atoms with van der Waals surface area (Å²) in [6, 6.07) is 0. The number of rotatable bonds is 35. The zero-order chi connectivity index (χ0) is 57.8. The van der Waals surface area contributed by atoms with E-state index >= 15 is 0 Å². The van der Waals surface area contributed by atoms with Gasteiger partial charge < -0.3 is 0 Å². The third-order valence-corrected chi connectivity index (χ3v) is 20.9. The Morgan fingerprint density at radius 2 is 0.370 bits per heavy atom. The average molecular weight is 866 g/mol. The van der Waals surface area contributed by atoms with Crippen LogP contribution in [0, 0.1) is 0 Å². The summed E-state index contributed by atoms with van der Waals surface area (Å²) in [7, 11) is 95.1. The van der Waals surface area contributed by atoms with E-state index in [1.54, 1.807) is 0 Å². The molecule has 0 N–H and O–H groups in total. The van der Waals surface area contributed by atoms with Gasteiger partial charge in [-0.1, -0.05) is 0 Å². The molecular weight excluding hydrogens is 792 g/mol. The number of nitrogens with zero attached hydrogens (tertiary/aromatic N) is 1. The van der Waals surface area contributed by atoms with Crippen LogP contribution in [0.1, 0.15) is 0 Å². The van der Waals surface area contributed by atoms with Gasteiger partial charge in [-0.05, 0) is 0 Å². The Bertz CT molecular complexity index is 1240. The van der Waals surface area contributed by atoms with Crippen molar-refractivity contribution >= 4 is 510 Å². The van der Waals surface area contributed by atoms with Gasteiger partial charge in [0.15, 0.2) is 0 Å². The van der Waals surface area contributed by atoms with Gasteiger partial charge in [-0.3, -0.25) is 0 Å². The molecule has 0 heterocycles. The van der Waals surface area contributed by atoms with Gasteiger partial charge in [0.05, 0.1) is 0 Å². The standard InChI is InChI=1S/B72H73N/c1-37-56(36)66(55(34)35)71(69(62(47(18)19)48(20)21)63(49(22)23)50(24)25)72(70(64(51(26)27)52(28)29)65(53(30)31)54(32)33)73-38-57(67(58(39(2)3)40(4)5)59(41(6)7)42(8)9)68(60(43(10)11)44(12)13)61(45(14)15)46(16)17/h37H,1-36H2. The third kappa shape index (κ3) is 21.8. The maximum atomic E-state index is 7.06. The molecule has 0 bridgehead atoms. The van der Waals surface area contributed by atoms with Crippen molar-refractivity contribution in [2.45, 2.75) is 0 Å².